The number of hydrogen-bond acceptors (Lipinski definition) is 8. The Bertz CT molecular complexity index is 1470. The zero-order valence-electron chi connectivity index (χ0n) is 24.6. The van der Waals surface area contributed by atoms with Crippen molar-refractivity contribution < 1.29 is 32.2 Å². The summed E-state index contributed by atoms with van der Waals surface area (Å²) in [6.07, 6.45) is 3.64. The number of amides is 1. The second-order valence-electron chi connectivity index (χ2n) is 9.95. The van der Waals surface area contributed by atoms with Crippen molar-refractivity contribution in [1.82, 2.24) is 10.2 Å². The molecule has 1 saturated heterocycles. The van der Waals surface area contributed by atoms with Crippen LogP contribution >= 0.6 is 0 Å². The molecule has 0 unspecified atom stereocenters. The van der Waals surface area contributed by atoms with Crippen molar-refractivity contribution in [3.63, 3.8) is 0 Å². The third kappa shape index (κ3) is 7.27. The van der Waals surface area contributed by atoms with Crippen molar-refractivity contribution in [3.8, 4) is 23.0 Å². The van der Waals surface area contributed by atoms with E-state index in [2.05, 4.69) is 16.3 Å². The Morgan fingerprint density at radius 1 is 0.810 bits per heavy atom. The Kier molecular flexibility index (Phi) is 10.5. The maximum absolute atomic E-state index is 14.1. The highest BCUT2D eigenvalue weighted by Gasteiger charge is 2.31. The van der Waals surface area contributed by atoms with Crippen LogP contribution in [-0.2, 0) is 27.9 Å². The maximum Gasteiger partial charge on any atom is 0.265 e. The molecule has 3 aromatic rings. The summed E-state index contributed by atoms with van der Waals surface area (Å²) in [5.74, 6) is 0.815. The fraction of sp³-hybridized carbons (Fsp3) is 0.387. The minimum Gasteiger partial charge on any atom is -0.497 e. The van der Waals surface area contributed by atoms with E-state index in [4.69, 9.17) is 18.9 Å². The van der Waals surface area contributed by atoms with Crippen molar-refractivity contribution >= 4 is 21.6 Å². The number of likely N-dealkylation sites (tertiary alicyclic amines) is 1. The fourth-order valence-corrected chi connectivity index (χ4v) is 6.46. The van der Waals surface area contributed by atoms with E-state index in [9.17, 15) is 13.2 Å². The number of anilines is 1. The Balaban J connectivity index is 1.62. The van der Waals surface area contributed by atoms with Crippen LogP contribution in [0.5, 0.6) is 23.0 Å². The number of nitrogens with zero attached hydrogens (tertiary/aromatic N) is 2. The molecule has 4 rings (SSSR count). The number of rotatable bonds is 13. The van der Waals surface area contributed by atoms with Crippen LogP contribution in [-0.4, -0.2) is 67.3 Å². The van der Waals surface area contributed by atoms with E-state index in [-0.39, 0.29) is 28.6 Å². The van der Waals surface area contributed by atoms with Gasteiger partial charge in [0.05, 0.1) is 39.0 Å². The highest BCUT2D eigenvalue weighted by molar-refractivity contribution is 7.92. The minimum absolute atomic E-state index is 0.0790. The van der Waals surface area contributed by atoms with Crippen LogP contribution in [0, 0.1) is 0 Å². The van der Waals surface area contributed by atoms with Gasteiger partial charge in [-0.2, -0.15) is 0 Å². The summed E-state index contributed by atoms with van der Waals surface area (Å²) in [4.78, 5) is 15.8. The van der Waals surface area contributed by atoms with Gasteiger partial charge in [-0.05, 0) is 61.3 Å². The molecule has 0 aromatic heterocycles. The molecule has 0 atom stereocenters. The van der Waals surface area contributed by atoms with Gasteiger partial charge in [-0.15, -0.1) is 0 Å². The summed E-state index contributed by atoms with van der Waals surface area (Å²) in [6, 6.07) is 17.1. The van der Waals surface area contributed by atoms with E-state index in [0.29, 0.717) is 11.5 Å². The van der Waals surface area contributed by atoms with E-state index in [0.717, 1.165) is 35.1 Å². The van der Waals surface area contributed by atoms with Crippen LogP contribution < -0.4 is 28.6 Å². The van der Waals surface area contributed by atoms with Gasteiger partial charge in [0.1, 0.15) is 18.0 Å². The second kappa shape index (κ2) is 14.3. The third-order valence-corrected chi connectivity index (χ3v) is 9.08. The van der Waals surface area contributed by atoms with Gasteiger partial charge in [-0.25, -0.2) is 8.42 Å². The van der Waals surface area contributed by atoms with Gasteiger partial charge in [0.15, 0.2) is 11.5 Å². The van der Waals surface area contributed by atoms with E-state index in [1.807, 2.05) is 18.2 Å². The first-order chi connectivity index (χ1) is 20.3. The molecule has 0 bridgehead atoms. The van der Waals surface area contributed by atoms with Crippen molar-refractivity contribution in [2.24, 2.45) is 0 Å². The number of ether oxygens (including phenoxy) is 4. The topological polar surface area (TPSA) is 107 Å². The molecule has 1 heterocycles. The highest BCUT2D eigenvalue weighted by Crippen LogP contribution is 2.37. The SMILES string of the molecule is COc1ccc(OC)c(N(CC(=O)NCc2ccccc2CN2CCCCC2)S(=O)(=O)c2ccc(OC)c(OC)c2)c1. The molecular formula is C31H39N3O7S. The van der Waals surface area contributed by atoms with E-state index < -0.39 is 22.5 Å². The smallest absolute Gasteiger partial charge is 0.265 e. The number of piperidine rings is 1. The Hall–Kier alpha value is -3.96. The molecule has 3 aromatic carbocycles. The molecule has 1 aliphatic rings. The molecule has 42 heavy (non-hydrogen) atoms. The lowest BCUT2D eigenvalue weighted by Gasteiger charge is -2.27. The quantitative estimate of drug-likeness (QED) is 0.312. The first-order valence-electron chi connectivity index (χ1n) is 13.8. The molecule has 1 aliphatic heterocycles. The molecule has 10 nitrogen and oxygen atoms in total. The lowest BCUT2D eigenvalue weighted by molar-refractivity contribution is -0.119. The van der Waals surface area contributed by atoms with Gasteiger partial charge in [0, 0.05) is 25.2 Å². The number of nitrogens with one attached hydrogen (secondary N) is 1. The number of sulfonamides is 1. The van der Waals surface area contributed by atoms with Crippen LogP contribution in [0.15, 0.2) is 65.6 Å². The summed E-state index contributed by atoms with van der Waals surface area (Å²) in [7, 11) is 1.53. The van der Waals surface area contributed by atoms with E-state index >= 15 is 0 Å². The largest absolute Gasteiger partial charge is 0.497 e. The summed E-state index contributed by atoms with van der Waals surface area (Å²) in [5, 5.41) is 2.93. The van der Waals surface area contributed by atoms with Crippen LogP contribution in [0.4, 0.5) is 5.69 Å². The fourth-order valence-electron chi connectivity index (χ4n) is 5.02. The van der Waals surface area contributed by atoms with Crippen LogP contribution in [0.25, 0.3) is 0 Å². The summed E-state index contributed by atoms with van der Waals surface area (Å²) >= 11 is 0. The molecule has 0 radical (unpaired) electrons. The van der Waals surface area contributed by atoms with Gasteiger partial charge in [0.25, 0.3) is 10.0 Å². The number of carbonyl (C=O) groups is 1. The van der Waals surface area contributed by atoms with Gasteiger partial charge >= 0.3 is 0 Å². The summed E-state index contributed by atoms with van der Waals surface area (Å²) in [6.45, 7) is 2.71. The average Bonchev–Trinajstić information content (AvgIpc) is 3.02. The van der Waals surface area contributed by atoms with Gasteiger partial charge in [-0.3, -0.25) is 14.0 Å². The zero-order chi connectivity index (χ0) is 30.1. The lowest BCUT2D eigenvalue weighted by atomic mass is 10.0. The monoisotopic (exact) mass is 597 g/mol. The summed E-state index contributed by atoms with van der Waals surface area (Å²) in [5.41, 5.74) is 2.29. The lowest BCUT2D eigenvalue weighted by Crippen LogP contribution is -2.41. The van der Waals surface area contributed by atoms with Crippen molar-refractivity contribution in [2.45, 2.75) is 37.2 Å². The molecule has 1 fully saturated rings. The Labute approximate surface area is 248 Å². The maximum atomic E-state index is 14.1. The molecular weight excluding hydrogens is 558 g/mol. The van der Waals surface area contributed by atoms with Crippen LogP contribution in [0.2, 0.25) is 0 Å². The third-order valence-electron chi connectivity index (χ3n) is 7.32. The standard InChI is InChI=1S/C31H39N3O7S/c1-38-25-12-14-28(39-2)27(18-25)34(42(36,37)26-13-15-29(40-3)30(19-26)41-4)22-31(35)32-20-23-10-6-7-11-24(23)21-33-16-8-5-9-17-33/h6-7,10-15,18-19H,5,8-9,16-17,20-22H2,1-4H3,(H,32,35). The Morgan fingerprint density at radius 3 is 2.14 bits per heavy atom. The molecule has 1 amide bonds. The first kappa shape index (κ1) is 31.0. The van der Waals surface area contributed by atoms with Gasteiger partial charge < -0.3 is 24.3 Å². The second-order valence-corrected chi connectivity index (χ2v) is 11.8. The van der Waals surface area contributed by atoms with Crippen LogP contribution in [0.3, 0.4) is 0 Å². The first-order valence-corrected chi connectivity index (χ1v) is 15.3. The van der Waals surface area contributed by atoms with E-state index in [1.165, 1.54) is 72.0 Å². The predicted molar refractivity (Wildman–Crippen MR) is 161 cm³/mol. The molecule has 1 N–H and O–H groups in total. The molecule has 226 valence electrons. The normalized spacial score (nSPS) is 13.7. The highest BCUT2D eigenvalue weighted by atomic mass is 32.2. The molecule has 0 aliphatic carbocycles. The number of benzene rings is 3. The molecule has 0 saturated carbocycles. The zero-order valence-corrected chi connectivity index (χ0v) is 25.4. The average molecular weight is 598 g/mol. The Morgan fingerprint density at radius 2 is 1.48 bits per heavy atom. The van der Waals surface area contributed by atoms with Crippen molar-refractivity contribution in [2.75, 3.05) is 52.4 Å². The number of methoxy groups -OCH3 is 4. The predicted octanol–water partition coefficient (Wildman–Crippen LogP) is 4.22. The van der Waals surface area contributed by atoms with Crippen LogP contribution in [0.1, 0.15) is 30.4 Å². The van der Waals surface area contributed by atoms with Gasteiger partial charge in [0.2, 0.25) is 5.91 Å². The van der Waals surface area contributed by atoms with E-state index in [1.54, 1.807) is 12.1 Å². The van der Waals surface area contributed by atoms with Crippen molar-refractivity contribution in [1.29, 1.82) is 0 Å². The molecule has 11 heteroatoms. The van der Waals surface area contributed by atoms with Gasteiger partial charge in [-0.1, -0.05) is 30.7 Å². The number of carbonyl (C=O) groups excluding carboxylic acids is 1. The van der Waals surface area contributed by atoms with Crippen molar-refractivity contribution in [3.05, 3.63) is 71.8 Å². The number of hydrogen-bond donors (Lipinski definition) is 1. The summed E-state index contributed by atoms with van der Waals surface area (Å²) < 4.78 is 50.7. The minimum atomic E-state index is -4.28. The molecule has 0 spiro atoms.